The summed E-state index contributed by atoms with van der Waals surface area (Å²) in [6.07, 6.45) is 0. The second kappa shape index (κ2) is 9.29. The van der Waals surface area contributed by atoms with E-state index in [1.165, 1.54) is 11.8 Å². The van der Waals surface area contributed by atoms with Gasteiger partial charge in [-0.05, 0) is 31.7 Å². The highest BCUT2D eigenvalue weighted by molar-refractivity contribution is 8.00. The molecule has 0 aliphatic carbocycles. The Hall–Kier alpha value is -2.26. The Balaban J connectivity index is 1.63. The van der Waals surface area contributed by atoms with Crippen LogP contribution in [0.5, 0.6) is 11.5 Å². The zero-order chi connectivity index (χ0) is 20.1. The molecular weight excluding hydrogens is 380 g/mol. The molecule has 1 aliphatic heterocycles. The van der Waals surface area contributed by atoms with Crippen molar-refractivity contribution >= 4 is 17.7 Å². The van der Waals surface area contributed by atoms with Crippen molar-refractivity contribution in [1.29, 1.82) is 0 Å². The van der Waals surface area contributed by atoms with Crippen LogP contribution in [-0.4, -0.2) is 78.1 Å². The van der Waals surface area contributed by atoms with E-state index in [2.05, 4.69) is 22.0 Å². The maximum Gasteiger partial charge on any atom is 0.277 e. The number of nitrogens with zero attached hydrogens (tertiary/aromatic N) is 4. The van der Waals surface area contributed by atoms with Crippen molar-refractivity contribution in [3.8, 4) is 23.0 Å². The van der Waals surface area contributed by atoms with E-state index in [-0.39, 0.29) is 11.2 Å². The molecule has 0 unspecified atom stereocenters. The van der Waals surface area contributed by atoms with Gasteiger partial charge in [-0.2, -0.15) is 0 Å². The largest absolute Gasteiger partial charge is 0.493 e. The molecule has 1 atom stereocenters. The van der Waals surface area contributed by atoms with E-state index in [4.69, 9.17) is 13.9 Å². The summed E-state index contributed by atoms with van der Waals surface area (Å²) in [7, 11) is 3.16. The summed E-state index contributed by atoms with van der Waals surface area (Å²) in [5.74, 6) is 1.69. The van der Waals surface area contributed by atoms with Crippen molar-refractivity contribution in [1.82, 2.24) is 20.0 Å². The van der Waals surface area contributed by atoms with Crippen molar-refractivity contribution in [2.75, 3.05) is 46.9 Å². The summed E-state index contributed by atoms with van der Waals surface area (Å²) in [6.45, 7) is 8.40. The molecule has 28 heavy (non-hydrogen) atoms. The Bertz CT molecular complexity index is 805. The van der Waals surface area contributed by atoms with Gasteiger partial charge in [-0.25, -0.2) is 0 Å². The predicted molar refractivity (Wildman–Crippen MR) is 107 cm³/mol. The SMILES string of the molecule is CCN1CCN(C(=O)[C@@H](C)Sc2nnc(-c3ccc(OC)c(OC)c3)o2)CC1. The Morgan fingerprint density at radius 3 is 2.54 bits per heavy atom. The minimum atomic E-state index is -0.285. The zero-order valence-electron chi connectivity index (χ0n) is 16.7. The number of ether oxygens (including phenoxy) is 2. The predicted octanol–water partition coefficient (Wildman–Crippen LogP) is 2.40. The molecule has 0 N–H and O–H groups in total. The number of carbonyl (C=O) groups excluding carboxylic acids is 1. The van der Waals surface area contributed by atoms with Crippen LogP contribution >= 0.6 is 11.8 Å². The monoisotopic (exact) mass is 406 g/mol. The van der Waals surface area contributed by atoms with Gasteiger partial charge >= 0.3 is 0 Å². The van der Waals surface area contributed by atoms with Gasteiger partial charge < -0.3 is 23.7 Å². The van der Waals surface area contributed by atoms with Crippen molar-refractivity contribution in [3.05, 3.63) is 18.2 Å². The first kappa shape index (κ1) is 20.5. The van der Waals surface area contributed by atoms with Gasteiger partial charge in [-0.1, -0.05) is 18.7 Å². The first-order valence-electron chi connectivity index (χ1n) is 9.29. The zero-order valence-corrected chi connectivity index (χ0v) is 17.5. The molecule has 8 nitrogen and oxygen atoms in total. The lowest BCUT2D eigenvalue weighted by Gasteiger charge is -2.35. The third-order valence-electron chi connectivity index (χ3n) is 4.79. The minimum Gasteiger partial charge on any atom is -0.493 e. The molecule has 1 amide bonds. The molecule has 3 rings (SSSR count). The molecule has 2 heterocycles. The molecular formula is C19H26N4O4S. The lowest BCUT2D eigenvalue weighted by molar-refractivity contribution is -0.132. The summed E-state index contributed by atoms with van der Waals surface area (Å²) >= 11 is 1.28. The van der Waals surface area contributed by atoms with E-state index in [1.807, 2.05) is 17.9 Å². The average Bonchev–Trinajstić information content (AvgIpc) is 3.21. The van der Waals surface area contributed by atoms with Crippen LogP contribution in [0.2, 0.25) is 0 Å². The fourth-order valence-corrected chi connectivity index (χ4v) is 3.85. The van der Waals surface area contributed by atoms with Crippen LogP contribution in [-0.2, 0) is 4.79 Å². The highest BCUT2D eigenvalue weighted by Gasteiger charge is 2.26. The lowest BCUT2D eigenvalue weighted by Crippen LogP contribution is -2.50. The molecule has 0 radical (unpaired) electrons. The summed E-state index contributed by atoms with van der Waals surface area (Å²) in [5.41, 5.74) is 0.728. The van der Waals surface area contributed by atoms with Gasteiger partial charge in [0.05, 0.1) is 19.5 Å². The highest BCUT2D eigenvalue weighted by Crippen LogP contribution is 2.33. The van der Waals surface area contributed by atoms with Crippen molar-refractivity contribution in [2.24, 2.45) is 0 Å². The number of carbonyl (C=O) groups is 1. The van der Waals surface area contributed by atoms with Gasteiger partial charge in [0.1, 0.15) is 0 Å². The molecule has 1 saturated heterocycles. The highest BCUT2D eigenvalue weighted by atomic mass is 32.2. The Labute approximate surface area is 169 Å². The fourth-order valence-electron chi connectivity index (χ4n) is 3.09. The van der Waals surface area contributed by atoms with Gasteiger partial charge in [-0.15, -0.1) is 10.2 Å². The van der Waals surface area contributed by atoms with E-state index in [9.17, 15) is 4.79 Å². The molecule has 0 spiro atoms. The minimum absolute atomic E-state index is 0.103. The van der Waals surface area contributed by atoms with E-state index in [0.717, 1.165) is 38.3 Å². The number of hydrogen-bond acceptors (Lipinski definition) is 8. The maximum absolute atomic E-state index is 12.7. The molecule has 0 saturated carbocycles. The quantitative estimate of drug-likeness (QED) is 0.649. The van der Waals surface area contributed by atoms with Crippen LogP contribution in [0.3, 0.4) is 0 Å². The van der Waals surface area contributed by atoms with E-state index in [1.54, 1.807) is 26.4 Å². The summed E-state index contributed by atoms with van der Waals surface area (Å²) in [6, 6.07) is 5.39. The van der Waals surface area contributed by atoms with E-state index < -0.39 is 0 Å². The van der Waals surface area contributed by atoms with Crippen LogP contribution in [0.25, 0.3) is 11.5 Å². The number of benzene rings is 1. The average molecular weight is 407 g/mol. The second-order valence-corrected chi connectivity index (χ2v) is 7.75. The van der Waals surface area contributed by atoms with Gasteiger partial charge in [0.15, 0.2) is 11.5 Å². The van der Waals surface area contributed by atoms with Crippen molar-refractivity contribution in [2.45, 2.75) is 24.3 Å². The number of hydrogen-bond donors (Lipinski definition) is 0. The number of piperazine rings is 1. The Morgan fingerprint density at radius 1 is 1.18 bits per heavy atom. The van der Waals surface area contributed by atoms with Crippen LogP contribution in [0.15, 0.2) is 27.8 Å². The van der Waals surface area contributed by atoms with Crippen LogP contribution in [0.4, 0.5) is 0 Å². The topological polar surface area (TPSA) is 80.9 Å². The lowest BCUT2D eigenvalue weighted by atomic mass is 10.2. The van der Waals surface area contributed by atoms with Crippen LogP contribution in [0, 0.1) is 0 Å². The van der Waals surface area contributed by atoms with Crippen LogP contribution < -0.4 is 9.47 Å². The molecule has 1 fully saturated rings. The molecule has 1 aliphatic rings. The molecule has 1 aromatic heterocycles. The molecule has 9 heteroatoms. The third-order valence-corrected chi connectivity index (χ3v) is 5.72. The number of amides is 1. The first-order valence-corrected chi connectivity index (χ1v) is 10.2. The van der Waals surface area contributed by atoms with Gasteiger partial charge in [0, 0.05) is 31.7 Å². The summed E-state index contributed by atoms with van der Waals surface area (Å²) in [4.78, 5) is 16.9. The number of rotatable bonds is 7. The van der Waals surface area contributed by atoms with Gasteiger partial charge in [0.25, 0.3) is 5.22 Å². The van der Waals surface area contributed by atoms with Crippen molar-refractivity contribution < 1.29 is 18.7 Å². The fraction of sp³-hybridized carbons (Fsp3) is 0.526. The van der Waals surface area contributed by atoms with Crippen molar-refractivity contribution in [3.63, 3.8) is 0 Å². The number of likely N-dealkylation sites (N-methyl/N-ethyl adjacent to an activating group) is 1. The van der Waals surface area contributed by atoms with E-state index in [0.29, 0.717) is 22.6 Å². The Morgan fingerprint density at radius 2 is 1.89 bits per heavy atom. The first-order chi connectivity index (χ1) is 13.5. The standard InChI is InChI=1S/C19H26N4O4S/c1-5-22-8-10-23(11-9-22)18(24)13(2)28-19-21-20-17(27-19)14-6-7-15(25-3)16(12-14)26-4/h6-7,12-13H,5,8-11H2,1-4H3/t13-/m1/s1. The smallest absolute Gasteiger partial charge is 0.277 e. The molecule has 2 aromatic rings. The number of methoxy groups -OCH3 is 2. The van der Waals surface area contributed by atoms with Crippen LogP contribution in [0.1, 0.15) is 13.8 Å². The summed E-state index contributed by atoms with van der Waals surface area (Å²) < 4.78 is 16.3. The second-order valence-electron chi connectivity index (χ2n) is 6.46. The van der Waals surface area contributed by atoms with Gasteiger partial charge in [-0.3, -0.25) is 4.79 Å². The normalized spacial score (nSPS) is 16.1. The molecule has 0 bridgehead atoms. The van der Waals surface area contributed by atoms with E-state index >= 15 is 0 Å². The molecule has 1 aromatic carbocycles. The number of thioether (sulfide) groups is 1. The molecule has 152 valence electrons. The third kappa shape index (κ3) is 4.59. The van der Waals surface area contributed by atoms with Gasteiger partial charge in [0.2, 0.25) is 11.8 Å². The summed E-state index contributed by atoms with van der Waals surface area (Å²) in [5, 5.41) is 8.26. The number of aromatic nitrogens is 2. The Kier molecular flexibility index (Phi) is 6.79. The maximum atomic E-state index is 12.7.